The topological polar surface area (TPSA) is 58.9 Å². The molecule has 3 heterocycles. The van der Waals surface area contributed by atoms with Crippen LogP contribution < -0.4 is 5.32 Å². The maximum Gasteiger partial charge on any atom is 0.144 e. The van der Waals surface area contributed by atoms with Crippen molar-refractivity contribution in [1.82, 2.24) is 24.6 Å². The molecule has 0 unspecified atom stereocenters. The van der Waals surface area contributed by atoms with Crippen LogP contribution in [0.3, 0.4) is 0 Å². The van der Waals surface area contributed by atoms with E-state index in [1.165, 1.54) is 11.3 Å². The maximum absolute atomic E-state index is 4.70. The van der Waals surface area contributed by atoms with E-state index in [0.29, 0.717) is 6.54 Å². The number of fused-ring (bicyclic) bond motifs is 1. The molecule has 0 amide bonds. The van der Waals surface area contributed by atoms with E-state index in [9.17, 15) is 0 Å². The highest BCUT2D eigenvalue weighted by Gasteiger charge is 2.18. The van der Waals surface area contributed by atoms with Gasteiger partial charge in [-0.05, 0) is 18.1 Å². The highest BCUT2D eigenvalue weighted by molar-refractivity contribution is 5.31. The molecule has 1 aliphatic heterocycles. The predicted molar refractivity (Wildman–Crippen MR) is 97.0 cm³/mol. The van der Waals surface area contributed by atoms with Gasteiger partial charge in [0.2, 0.25) is 0 Å². The number of anilines is 1. The van der Waals surface area contributed by atoms with Crippen molar-refractivity contribution in [3.63, 3.8) is 0 Å². The Kier molecular flexibility index (Phi) is 4.70. The lowest BCUT2D eigenvalue weighted by Gasteiger charge is -2.27. The summed E-state index contributed by atoms with van der Waals surface area (Å²) in [5.74, 6) is 0.776. The zero-order valence-corrected chi connectivity index (χ0v) is 14.2. The molecule has 6 heteroatoms. The Bertz CT molecular complexity index is 799. The van der Waals surface area contributed by atoms with E-state index < -0.39 is 0 Å². The van der Waals surface area contributed by atoms with Crippen molar-refractivity contribution in [2.75, 3.05) is 18.4 Å². The van der Waals surface area contributed by atoms with Gasteiger partial charge in [0.05, 0.1) is 30.7 Å². The van der Waals surface area contributed by atoms with E-state index >= 15 is 0 Å². The molecule has 6 nitrogen and oxygen atoms in total. The van der Waals surface area contributed by atoms with Gasteiger partial charge in [0.1, 0.15) is 5.82 Å². The van der Waals surface area contributed by atoms with Crippen molar-refractivity contribution in [3.05, 3.63) is 71.9 Å². The molecule has 0 spiro atoms. The molecule has 0 radical (unpaired) electrons. The van der Waals surface area contributed by atoms with Gasteiger partial charge in [-0.2, -0.15) is 5.10 Å². The van der Waals surface area contributed by atoms with E-state index in [-0.39, 0.29) is 0 Å². The van der Waals surface area contributed by atoms with Crippen LogP contribution in [0.25, 0.3) is 0 Å². The van der Waals surface area contributed by atoms with E-state index in [4.69, 9.17) is 5.10 Å². The van der Waals surface area contributed by atoms with Gasteiger partial charge in [-0.15, -0.1) is 0 Å². The number of aromatic nitrogens is 4. The molecule has 0 aliphatic carbocycles. The fourth-order valence-electron chi connectivity index (χ4n) is 3.16. The first-order chi connectivity index (χ1) is 12.4. The van der Waals surface area contributed by atoms with Gasteiger partial charge in [0, 0.05) is 32.0 Å². The lowest BCUT2D eigenvalue weighted by Crippen LogP contribution is -2.35. The van der Waals surface area contributed by atoms with Crippen LogP contribution in [0.5, 0.6) is 0 Å². The summed E-state index contributed by atoms with van der Waals surface area (Å²) in [6.45, 7) is 4.73. The number of hydrogen-bond donors (Lipinski definition) is 1. The molecule has 3 aromatic rings. The summed E-state index contributed by atoms with van der Waals surface area (Å²) in [4.78, 5) is 10.8. The van der Waals surface area contributed by atoms with Gasteiger partial charge in [-0.1, -0.05) is 30.3 Å². The standard InChI is InChI=1S/C19H22N6/c1-2-4-16(5-3-1)6-9-24-10-11-25-18(15-24)12-17(23-25)13-22-19-14-20-7-8-21-19/h1-5,7-8,12,14H,6,9-11,13,15H2,(H,21,22). The number of hydrogen-bond acceptors (Lipinski definition) is 5. The Labute approximate surface area is 147 Å². The Morgan fingerprint density at radius 1 is 1.08 bits per heavy atom. The molecule has 0 saturated heterocycles. The molecular weight excluding hydrogens is 312 g/mol. The molecule has 0 saturated carbocycles. The minimum absolute atomic E-state index is 0.669. The van der Waals surface area contributed by atoms with Crippen LogP contribution in [0.15, 0.2) is 55.0 Å². The minimum atomic E-state index is 0.669. The molecule has 1 N–H and O–H groups in total. The van der Waals surface area contributed by atoms with Crippen molar-refractivity contribution in [3.8, 4) is 0 Å². The number of nitrogens with one attached hydrogen (secondary N) is 1. The summed E-state index contributed by atoms with van der Waals surface area (Å²) in [5.41, 5.74) is 3.73. The second-order valence-electron chi connectivity index (χ2n) is 6.31. The predicted octanol–water partition coefficient (Wildman–Crippen LogP) is 2.34. The van der Waals surface area contributed by atoms with Crippen LogP contribution in [-0.4, -0.2) is 37.7 Å². The van der Waals surface area contributed by atoms with Gasteiger partial charge < -0.3 is 5.32 Å². The first-order valence-electron chi connectivity index (χ1n) is 8.68. The van der Waals surface area contributed by atoms with Crippen LogP contribution in [0.4, 0.5) is 5.82 Å². The average molecular weight is 334 g/mol. The molecule has 25 heavy (non-hydrogen) atoms. The smallest absolute Gasteiger partial charge is 0.144 e. The Morgan fingerprint density at radius 2 is 2.00 bits per heavy atom. The second-order valence-corrected chi connectivity index (χ2v) is 6.31. The zero-order chi connectivity index (χ0) is 16.9. The van der Waals surface area contributed by atoms with Crippen LogP contribution in [0.1, 0.15) is 17.0 Å². The van der Waals surface area contributed by atoms with Gasteiger partial charge in [-0.3, -0.25) is 14.6 Å². The van der Waals surface area contributed by atoms with Gasteiger partial charge in [0.25, 0.3) is 0 Å². The average Bonchev–Trinajstić information content (AvgIpc) is 3.08. The Morgan fingerprint density at radius 3 is 2.84 bits per heavy atom. The third-order valence-electron chi connectivity index (χ3n) is 4.50. The molecular formula is C19H22N6. The Balaban J connectivity index is 1.33. The summed E-state index contributed by atoms with van der Waals surface area (Å²) >= 11 is 0. The van der Waals surface area contributed by atoms with Gasteiger partial charge in [-0.25, -0.2) is 4.98 Å². The van der Waals surface area contributed by atoms with Crippen molar-refractivity contribution < 1.29 is 0 Å². The molecule has 0 fully saturated rings. The number of nitrogens with zero attached hydrogens (tertiary/aromatic N) is 5. The quantitative estimate of drug-likeness (QED) is 0.750. The third-order valence-corrected chi connectivity index (χ3v) is 4.50. The van der Waals surface area contributed by atoms with Crippen molar-refractivity contribution in [1.29, 1.82) is 0 Å². The molecule has 1 aliphatic rings. The lowest BCUT2D eigenvalue weighted by molar-refractivity contribution is 0.215. The lowest BCUT2D eigenvalue weighted by atomic mass is 10.1. The summed E-state index contributed by atoms with van der Waals surface area (Å²) < 4.78 is 2.13. The normalized spacial score (nSPS) is 14.2. The summed E-state index contributed by atoms with van der Waals surface area (Å²) in [5, 5.41) is 7.96. The van der Waals surface area contributed by atoms with Crippen LogP contribution in [0, 0.1) is 0 Å². The van der Waals surface area contributed by atoms with Crippen molar-refractivity contribution in [2.24, 2.45) is 0 Å². The van der Waals surface area contributed by atoms with Crippen LogP contribution in [0.2, 0.25) is 0 Å². The number of benzene rings is 1. The molecule has 128 valence electrons. The van der Waals surface area contributed by atoms with Gasteiger partial charge in [0.15, 0.2) is 0 Å². The molecule has 0 atom stereocenters. The maximum atomic E-state index is 4.70. The molecule has 1 aromatic carbocycles. The first-order valence-corrected chi connectivity index (χ1v) is 8.68. The third kappa shape index (κ3) is 4.03. The van der Waals surface area contributed by atoms with E-state index in [0.717, 1.165) is 44.1 Å². The first kappa shape index (κ1) is 15.8. The van der Waals surface area contributed by atoms with Crippen molar-refractivity contribution in [2.45, 2.75) is 26.1 Å². The minimum Gasteiger partial charge on any atom is -0.363 e. The Hall–Kier alpha value is -2.73. The summed E-state index contributed by atoms with van der Waals surface area (Å²) in [6.07, 6.45) is 6.17. The molecule has 0 bridgehead atoms. The van der Waals surface area contributed by atoms with E-state index in [1.807, 2.05) is 0 Å². The monoisotopic (exact) mass is 334 g/mol. The molecule has 4 rings (SSSR count). The van der Waals surface area contributed by atoms with E-state index in [1.54, 1.807) is 18.6 Å². The fraction of sp³-hybridized carbons (Fsp3) is 0.316. The zero-order valence-electron chi connectivity index (χ0n) is 14.2. The largest absolute Gasteiger partial charge is 0.363 e. The number of rotatable bonds is 6. The highest BCUT2D eigenvalue weighted by Crippen LogP contribution is 2.15. The molecule has 2 aromatic heterocycles. The fourth-order valence-corrected chi connectivity index (χ4v) is 3.16. The highest BCUT2D eigenvalue weighted by atomic mass is 15.3. The van der Waals surface area contributed by atoms with Crippen molar-refractivity contribution >= 4 is 5.82 Å². The summed E-state index contributed by atoms with van der Waals surface area (Å²) in [7, 11) is 0. The van der Waals surface area contributed by atoms with Crippen LogP contribution >= 0.6 is 0 Å². The SMILES string of the molecule is c1ccc(CCN2CCn3nc(CNc4cnccn4)cc3C2)cc1. The summed E-state index contributed by atoms with van der Waals surface area (Å²) in [6, 6.07) is 12.9. The van der Waals surface area contributed by atoms with E-state index in [2.05, 4.69) is 61.3 Å². The van der Waals surface area contributed by atoms with Gasteiger partial charge >= 0.3 is 0 Å². The van der Waals surface area contributed by atoms with Crippen LogP contribution in [-0.2, 0) is 26.1 Å². The second kappa shape index (κ2) is 7.44.